The van der Waals surface area contributed by atoms with Crippen molar-refractivity contribution in [3.8, 4) is 0 Å². The van der Waals surface area contributed by atoms with Crippen LogP contribution in [0.3, 0.4) is 0 Å². The SMILES string of the molecule is CCC1CC2CC3c4c(c5ccccc5n4C)CCN(C2)C13. The second-order valence-electron chi connectivity index (χ2n) is 7.79. The number of nitrogens with zero attached hydrogens (tertiary/aromatic N) is 2. The number of rotatable bonds is 1. The second-order valence-corrected chi connectivity index (χ2v) is 7.79. The molecule has 4 aliphatic rings. The van der Waals surface area contributed by atoms with Crippen molar-refractivity contribution in [1.82, 2.24) is 9.47 Å². The quantitative estimate of drug-likeness (QED) is 0.773. The van der Waals surface area contributed by atoms with Gasteiger partial charge < -0.3 is 4.57 Å². The van der Waals surface area contributed by atoms with E-state index in [1.807, 2.05) is 0 Å². The lowest BCUT2D eigenvalue weighted by molar-refractivity contribution is -0.0140. The number of fused-ring (bicyclic) bond motifs is 4. The zero-order valence-electron chi connectivity index (χ0n) is 13.8. The normalized spacial score (nSPS) is 36.4. The highest BCUT2D eigenvalue weighted by Crippen LogP contribution is 2.51. The summed E-state index contributed by atoms with van der Waals surface area (Å²) in [5, 5.41) is 1.51. The molecule has 2 heteroatoms. The van der Waals surface area contributed by atoms with Crippen LogP contribution in [-0.2, 0) is 13.5 Å². The Kier molecular flexibility index (Phi) is 2.76. The monoisotopic (exact) mass is 294 g/mol. The van der Waals surface area contributed by atoms with Crippen molar-refractivity contribution >= 4 is 10.9 Å². The van der Waals surface area contributed by atoms with Crippen molar-refractivity contribution in [1.29, 1.82) is 0 Å². The molecule has 22 heavy (non-hydrogen) atoms. The van der Waals surface area contributed by atoms with E-state index in [9.17, 15) is 0 Å². The maximum absolute atomic E-state index is 2.85. The summed E-state index contributed by atoms with van der Waals surface area (Å²) < 4.78 is 2.53. The number of piperidine rings is 2. The minimum atomic E-state index is 0.771. The van der Waals surface area contributed by atoms with Crippen LogP contribution in [0.15, 0.2) is 24.3 Å². The summed E-state index contributed by atoms with van der Waals surface area (Å²) in [5.41, 5.74) is 4.78. The maximum atomic E-state index is 2.85. The van der Waals surface area contributed by atoms with E-state index >= 15 is 0 Å². The van der Waals surface area contributed by atoms with Crippen molar-refractivity contribution < 1.29 is 0 Å². The molecule has 6 rings (SSSR count). The molecule has 1 aromatic carbocycles. The molecule has 2 aromatic rings. The van der Waals surface area contributed by atoms with Crippen molar-refractivity contribution in [2.45, 2.75) is 44.6 Å². The van der Waals surface area contributed by atoms with Crippen molar-refractivity contribution in [3.63, 3.8) is 0 Å². The molecule has 1 saturated carbocycles. The molecular formula is C20H26N2. The molecule has 0 radical (unpaired) electrons. The zero-order valence-corrected chi connectivity index (χ0v) is 13.8. The van der Waals surface area contributed by atoms with Gasteiger partial charge in [0.2, 0.25) is 0 Å². The van der Waals surface area contributed by atoms with Crippen LogP contribution in [0.5, 0.6) is 0 Å². The first-order chi connectivity index (χ1) is 10.8. The molecule has 4 bridgehead atoms. The summed E-state index contributed by atoms with van der Waals surface area (Å²) in [5.74, 6) is 2.62. The molecule has 5 unspecified atom stereocenters. The number of aromatic nitrogens is 1. The summed E-state index contributed by atoms with van der Waals surface area (Å²) in [6.45, 7) is 5.04. The number of aryl methyl sites for hydroxylation is 1. The average molecular weight is 294 g/mol. The Balaban J connectivity index is 1.73. The van der Waals surface area contributed by atoms with Crippen molar-refractivity contribution in [3.05, 3.63) is 35.5 Å². The summed E-state index contributed by atoms with van der Waals surface area (Å²) in [6.07, 6.45) is 5.50. The van der Waals surface area contributed by atoms with Crippen LogP contribution in [0, 0.1) is 11.8 Å². The minimum absolute atomic E-state index is 0.771. The molecule has 5 atom stereocenters. The summed E-state index contributed by atoms with van der Waals surface area (Å²) in [7, 11) is 2.31. The second kappa shape index (κ2) is 4.61. The largest absolute Gasteiger partial charge is 0.347 e. The molecular weight excluding hydrogens is 268 g/mol. The van der Waals surface area contributed by atoms with Gasteiger partial charge >= 0.3 is 0 Å². The van der Waals surface area contributed by atoms with Gasteiger partial charge in [0, 0.05) is 48.7 Å². The van der Waals surface area contributed by atoms with Gasteiger partial charge in [0.1, 0.15) is 0 Å². The average Bonchev–Trinajstić information content (AvgIpc) is 2.78. The molecule has 0 spiro atoms. The van der Waals surface area contributed by atoms with Crippen LogP contribution < -0.4 is 0 Å². The number of benzene rings is 1. The fourth-order valence-electron chi connectivity index (χ4n) is 6.05. The van der Waals surface area contributed by atoms with Crippen LogP contribution in [0.25, 0.3) is 10.9 Å². The molecule has 0 N–H and O–H groups in total. The molecule has 1 aromatic heterocycles. The van der Waals surface area contributed by atoms with Crippen LogP contribution >= 0.6 is 0 Å². The summed E-state index contributed by atoms with van der Waals surface area (Å²) in [4.78, 5) is 2.85. The minimum Gasteiger partial charge on any atom is -0.347 e. The Morgan fingerprint density at radius 1 is 1.18 bits per heavy atom. The third-order valence-corrected chi connectivity index (χ3v) is 6.82. The van der Waals surface area contributed by atoms with E-state index < -0.39 is 0 Å². The maximum Gasteiger partial charge on any atom is 0.0482 e. The lowest BCUT2D eigenvalue weighted by Crippen LogP contribution is -2.56. The molecule has 1 aliphatic carbocycles. The Bertz CT molecular complexity index is 729. The molecule has 2 nitrogen and oxygen atoms in total. The van der Waals surface area contributed by atoms with E-state index in [0.717, 1.165) is 23.8 Å². The lowest BCUT2D eigenvalue weighted by Gasteiger charge is -2.53. The van der Waals surface area contributed by atoms with Crippen LogP contribution in [0.1, 0.15) is 43.4 Å². The van der Waals surface area contributed by atoms with E-state index in [0.29, 0.717) is 0 Å². The van der Waals surface area contributed by atoms with Gasteiger partial charge in [-0.1, -0.05) is 31.5 Å². The van der Waals surface area contributed by atoms with Crippen LogP contribution in [-0.4, -0.2) is 28.6 Å². The van der Waals surface area contributed by atoms with Gasteiger partial charge in [0.15, 0.2) is 0 Å². The molecule has 0 amide bonds. The first-order valence-electron chi connectivity index (χ1n) is 9.08. The highest BCUT2D eigenvalue weighted by molar-refractivity contribution is 5.86. The fraction of sp³-hybridized carbons (Fsp3) is 0.600. The van der Waals surface area contributed by atoms with Gasteiger partial charge in [-0.25, -0.2) is 0 Å². The van der Waals surface area contributed by atoms with E-state index in [1.54, 1.807) is 11.3 Å². The fourth-order valence-corrected chi connectivity index (χ4v) is 6.05. The number of para-hydroxylation sites is 1. The third kappa shape index (κ3) is 1.59. The van der Waals surface area contributed by atoms with E-state index in [2.05, 4.69) is 47.7 Å². The van der Waals surface area contributed by atoms with E-state index in [-0.39, 0.29) is 0 Å². The lowest BCUT2D eigenvalue weighted by atomic mass is 9.65. The molecule has 116 valence electrons. The highest BCUT2D eigenvalue weighted by atomic mass is 15.2. The first kappa shape index (κ1) is 13.2. The number of hydrogen-bond acceptors (Lipinski definition) is 1. The van der Waals surface area contributed by atoms with Gasteiger partial charge in [-0.2, -0.15) is 0 Å². The topological polar surface area (TPSA) is 8.17 Å². The molecule has 4 heterocycles. The Morgan fingerprint density at radius 3 is 2.91 bits per heavy atom. The van der Waals surface area contributed by atoms with E-state index in [4.69, 9.17) is 0 Å². The predicted molar refractivity (Wildman–Crippen MR) is 91.2 cm³/mol. The standard InChI is InChI=1S/C20H26N2/c1-3-14-10-13-11-17-19(14)22(12-13)9-8-16-15-6-4-5-7-18(15)21(2)20(16)17/h4-7,13-14,17,19H,3,8-12H2,1-2H3. The zero-order chi connectivity index (χ0) is 14.8. The first-order valence-corrected chi connectivity index (χ1v) is 9.08. The van der Waals surface area contributed by atoms with Gasteiger partial charge in [-0.3, -0.25) is 4.90 Å². The van der Waals surface area contributed by atoms with Gasteiger partial charge in [0.25, 0.3) is 0 Å². The van der Waals surface area contributed by atoms with Crippen LogP contribution in [0.2, 0.25) is 0 Å². The molecule has 3 aliphatic heterocycles. The Labute approximate surface area is 133 Å². The van der Waals surface area contributed by atoms with Crippen LogP contribution in [0.4, 0.5) is 0 Å². The molecule has 3 fully saturated rings. The van der Waals surface area contributed by atoms with Gasteiger partial charge in [-0.15, -0.1) is 0 Å². The summed E-state index contributed by atoms with van der Waals surface area (Å²) >= 11 is 0. The van der Waals surface area contributed by atoms with E-state index in [1.165, 1.54) is 49.7 Å². The summed E-state index contributed by atoms with van der Waals surface area (Å²) in [6, 6.07) is 9.85. The third-order valence-electron chi connectivity index (χ3n) is 6.82. The molecule has 2 saturated heterocycles. The van der Waals surface area contributed by atoms with Gasteiger partial charge in [0.05, 0.1) is 0 Å². The van der Waals surface area contributed by atoms with Crippen molar-refractivity contribution in [2.75, 3.05) is 13.1 Å². The highest BCUT2D eigenvalue weighted by Gasteiger charge is 2.49. The number of hydrogen-bond donors (Lipinski definition) is 0. The smallest absolute Gasteiger partial charge is 0.0482 e. The Hall–Kier alpha value is -1.28. The Morgan fingerprint density at radius 2 is 2.05 bits per heavy atom. The predicted octanol–water partition coefficient (Wildman–Crippen LogP) is 3.94. The van der Waals surface area contributed by atoms with Gasteiger partial charge in [-0.05, 0) is 42.7 Å². The van der Waals surface area contributed by atoms with Crippen molar-refractivity contribution in [2.24, 2.45) is 18.9 Å².